The average molecular weight is 505 g/mol. The van der Waals surface area contributed by atoms with E-state index in [9.17, 15) is 18.8 Å². The number of benzene rings is 3. The van der Waals surface area contributed by atoms with E-state index in [0.717, 1.165) is 4.90 Å². The van der Waals surface area contributed by atoms with Crippen molar-refractivity contribution in [1.29, 1.82) is 0 Å². The molecular formula is C23H13Cl3FN3O3. The van der Waals surface area contributed by atoms with E-state index in [1.54, 1.807) is 12.1 Å². The van der Waals surface area contributed by atoms with E-state index in [0.29, 0.717) is 16.9 Å². The van der Waals surface area contributed by atoms with E-state index in [1.165, 1.54) is 54.6 Å². The fourth-order valence-electron chi connectivity index (χ4n) is 3.10. The maximum Gasteiger partial charge on any atom is 0.283 e. The Morgan fingerprint density at radius 3 is 1.97 bits per heavy atom. The van der Waals surface area contributed by atoms with Gasteiger partial charge in [0.15, 0.2) is 0 Å². The lowest BCUT2D eigenvalue weighted by Crippen LogP contribution is -2.32. The maximum atomic E-state index is 13.0. The lowest BCUT2D eigenvalue weighted by atomic mass is 10.2. The molecule has 0 radical (unpaired) electrons. The highest BCUT2D eigenvalue weighted by molar-refractivity contribution is 6.53. The second kappa shape index (κ2) is 9.23. The van der Waals surface area contributed by atoms with E-state index in [1.807, 2.05) is 0 Å². The summed E-state index contributed by atoms with van der Waals surface area (Å²) in [6.07, 6.45) is 0. The van der Waals surface area contributed by atoms with E-state index < -0.39 is 23.5 Å². The Morgan fingerprint density at radius 1 is 0.788 bits per heavy atom. The van der Waals surface area contributed by atoms with Gasteiger partial charge in [0.25, 0.3) is 17.7 Å². The number of rotatable bonds is 5. The minimum atomic E-state index is -0.724. The summed E-state index contributed by atoms with van der Waals surface area (Å²) in [6, 6.07) is 15.8. The predicted molar refractivity (Wildman–Crippen MR) is 126 cm³/mol. The first-order chi connectivity index (χ1) is 15.7. The Labute approximate surface area is 202 Å². The first kappa shape index (κ1) is 22.8. The lowest BCUT2D eigenvalue weighted by Gasteiger charge is -2.16. The standard InChI is InChI=1S/C23H13Cl3FN3O3/c24-13-9-14(25)11-18(10-13)30-22(32)19(26)20(23(30)33)28-16-5-1-12(2-6-16)21(31)29-17-7-3-15(27)4-8-17/h1-11,28H,(H,29,31). The van der Waals surface area contributed by atoms with Gasteiger partial charge in [-0.2, -0.15) is 0 Å². The van der Waals surface area contributed by atoms with Gasteiger partial charge in [0.05, 0.1) is 5.69 Å². The van der Waals surface area contributed by atoms with Crippen molar-refractivity contribution in [3.63, 3.8) is 0 Å². The van der Waals surface area contributed by atoms with Gasteiger partial charge in [0.2, 0.25) is 0 Å². The van der Waals surface area contributed by atoms with Crippen LogP contribution < -0.4 is 15.5 Å². The highest BCUT2D eigenvalue weighted by Gasteiger charge is 2.39. The second-order valence-corrected chi connectivity index (χ2v) is 8.18. The number of hydrogen-bond acceptors (Lipinski definition) is 4. The topological polar surface area (TPSA) is 78.5 Å². The molecular weight excluding hydrogens is 492 g/mol. The molecule has 0 saturated heterocycles. The molecule has 1 aliphatic rings. The summed E-state index contributed by atoms with van der Waals surface area (Å²) in [4.78, 5) is 38.7. The number of halogens is 4. The summed E-state index contributed by atoms with van der Waals surface area (Å²) in [5, 5.41) is 5.68. The summed E-state index contributed by atoms with van der Waals surface area (Å²) in [7, 11) is 0. The maximum absolute atomic E-state index is 13.0. The number of carbonyl (C=O) groups excluding carboxylic acids is 3. The van der Waals surface area contributed by atoms with Crippen LogP contribution in [0, 0.1) is 5.82 Å². The van der Waals surface area contributed by atoms with Crippen molar-refractivity contribution in [2.45, 2.75) is 0 Å². The summed E-state index contributed by atoms with van der Waals surface area (Å²) < 4.78 is 13.0. The van der Waals surface area contributed by atoms with Gasteiger partial charge in [-0.1, -0.05) is 34.8 Å². The van der Waals surface area contributed by atoms with Crippen LogP contribution in [0.1, 0.15) is 10.4 Å². The monoisotopic (exact) mass is 503 g/mol. The molecule has 1 heterocycles. The zero-order valence-electron chi connectivity index (χ0n) is 16.5. The van der Waals surface area contributed by atoms with Crippen LogP contribution in [0.25, 0.3) is 0 Å². The van der Waals surface area contributed by atoms with Crippen LogP contribution in [0.15, 0.2) is 77.5 Å². The Morgan fingerprint density at radius 2 is 1.36 bits per heavy atom. The van der Waals surface area contributed by atoms with Crippen molar-refractivity contribution in [1.82, 2.24) is 0 Å². The SMILES string of the molecule is O=C(Nc1ccc(F)cc1)c1ccc(NC2=C(Cl)C(=O)N(c3cc(Cl)cc(Cl)c3)C2=O)cc1. The second-order valence-electron chi connectivity index (χ2n) is 6.93. The average Bonchev–Trinajstić information content (AvgIpc) is 2.98. The number of anilines is 3. The lowest BCUT2D eigenvalue weighted by molar-refractivity contribution is -0.120. The Balaban J connectivity index is 1.49. The van der Waals surface area contributed by atoms with Gasteiger partial charge in [0, 0.05) is 27.0 Å². The Kier molecular flexibility index (Phi) is 6.37. The molecule has 166 valence electrons. The molecule has 0 saturated carbocycles. The molecule has 0 bridgehead atoms. The first-order valence-electron chi connectivity index (χ1n) is 9.41. The molecule has 4 rings (SSSR count). The Bertz CT molecular complexity index is 1290. The van der Waals surface area contributed by atoms with Crippen molar-refractivity contribution >= 4 is 69.6 Å². The summed E-state index contributed by atoms with van der Waals surface area (Å²) in [5.41, 5.74) is 1.26. The number of amides is 3. The molecule has 3 amide bonds. The third kappa shape index (κ3) is 4.85. The van der Waals surface area contributed by atoms with Crippen molar-refractivity contribution in [2.75, 3.05) is 15.5 Å². The normalized spacial score (nSPS) is 13.5. The zero-order chi connectivity index (χ0) is 23.7. The molecule has 10 heteroatoms. The molecule has 0 fully saturated rings. The van der Waals surface area contributed by atoms with Crippen LogP contribution in [0.5, 0.6) is 0 Å². The number of nitrogens with zero attached hydrogens (tertiary/aromatic N) is 1. The van der Waals surface area contributed by atoms with E-state index in [2.05, 4.69) is 10.6 Å². The molecule has 2 N–H and O–H groups in total. The van der Waals surface area contributed by atoms with E-state index in [-0.39, 0.29) is 26.5 Å². The van der Waals surface area contributed by atoms with Crippen LogP contribution in [0.2, 0.25) is 10.0 Å². The fourth-order valence-corrected chi connectivity index (χ4v) is 3.83. The summed E-state index contributed by atoms with van der Waals surface area (Å²) >= 11 is 18.1. The van der Waals surface area contributed by atoms with E-state index >= 15 is 0 Å². The molecule has 3 aromatic carbocycles. The first-order valence-corrected chi connectivity index (χ1v) is 10.5. The number of nitrogens with one attached hydrogen (secondary N) is 2. The summed E-state index contributed by atoms with van der Waals surface area (Å²) in [5.74, 6) is -2.21. The zero-order valence-corrected chi connectivity index (χ0v) is 18.8. The van der Waals surface area contributed by atoms with Crippen molar-refractivity contribution in [3.8, 4) is 0 Å². The van der Waals surface area contributed by atoms with Gasteiger partial charge in [-0.3, -0.25) is 14.4 Å². The van der Waals surface area contributed by atoms with Crippen LogP contribution >= 0.6 is 34.8 Å². The molecule has 0 spiro atoms. The van der Waals surface area contributed by atoms with Crippen molar-refractivity contribution in [2.24, 2.45) is 0 Å². The number of imide groups is 1. The molecule has 1 aliphatic heterocycles. The molecule has 0 aromatic heterocycles. The molecule has 0 aliphatic carbocycles. The van der Waals surface area contributed by atoms with Gasteiger partial charge in [-0.05, 0) is 66.7 Å². The van der Waals surface area contributed by atoms with Gasteiger partial charge in [-0.25, -0.2) is 9.29 Å². The summed E-state index contributed by atoms with van der Waals surface area (Å²) in [6.45, 7) is 0. The van der Waals surface area contributed by atoms with Gasteiger partial charge < -0.3 is 10.6 Å². The van der Waals surface area contributed by atoms with Crippen LogP contribution in [0.4, 0.5) is 21.5 Å². The molecule has 3 aromatic rings. The quantitative estimate of drug-likeness (QED) is 0.429. The Hall–Kier alpha value is -3.39. The van der Waals surface area contributed by atoms with Gasteiger partial charge in [0.1, 0.15) is 16.5 Å². The smallest absolute Gasteiger partial charge is 0.283 e. The third-order valence-corrected chi connectivity index (χ3v) is 5.44. The fraction of sp³-hybridized carbons (Fsp3) is 0. The minimum Gasteiger partial charge on any atom is -0.350 e. The van der Waals surface area contributed by atoms with Gasteiger partial charge in [-0.15, -0.1) is 0 Å². The van der Waals surface area contributed by atoms with Crippen LogP contribution in [-0.4, -0.2) is 17.7 Å². The van der Waals surface area contributed by atoms with Crippen LogP contribution in [0.3, 0.4) is 0 Å². The molecule has 6 nitrogen and oxygen atoms in total. The highest BCUT2D eigenvalue weighted by Crippen LogP contribution is 2.33. The largest absolute Gasteiger partial charge is 0.350 e. The van der Waals surface area contributed by atoms with E-state index in [4.69, 9.17) is 34.8 Å². The third-order valence-electron chi connectivity index (χ3n) is 4.65. The number of carbonyl (C=O) groups is 3. The molecule has 33 heavy (non-hydrogen) atoms. The minimum absolute atomic E-state index is 0.124. The van der Waals surface area contributed by atoms with Gasteiger partial charge >= 0.3 is 0 Å². The van der Waals surface area contributed by atoms with Crippen molar-refractivity contribution < 1.29 is 18.8 Å². The van der Waals surface area contributed by atoms with Crippen LogP contribution in [-0.2, 0) is 9.59 Å². The van der Waals surface area contributed by atoms with Crippen molar-refractivity contribution in [3.05, 3.63) is 98.9 Å². The molecule has 0 atom stereocenters. The molecule has 0 unspecified atom stereocenters. The number of hydrogen-bond donors (Lipinski definition) is 2. The predicted octanol–water partition coefficient (Wildman–Crippen LogP) is 5.82. The highest BCUT2D eigenvalue weighted by atomic mass is 35.5.